The van der Waals surface area contributed by atoms with E-state index < -0.39 is 6.04 Å². The van der Waals surface area contributed by atoms with Crippen molar-refractivity contribution in [3.05, 3.63) is 108 Å². The van der Waals surface area contributed by atoms with E-state index in [0.717, 1.165) is 17.1 Å². The van der Waals surface area contributed by atoms with E-state index in [1.165, 1.54) is 0 Å². The van der Waals surface area contributed by atoms with Crippen LogP contribution in [0.4, 0.5) is 17.1 Å². The molecule has 0 aromatic heterocycles. The Kier molecular flexibility index (Phi) is 13.9. The maximum Gasteiger partial charge on any atom is 0.258 e. The average Bonchev–Trinajstić information content (AvgIpc) is 3.15. The summed E-state index contributed by atoms with van der Waals surface area (Å²) >= 11 is 0. The molecule has 5 rings (SSSR count). The molecule has 11 nitrogen and oxygen atoms in total. The van der Waals surface area contributed by atoms with Gasteiger partial charge in [0, 0.05) is 38.4 Å². The summed E-state index contributed by atoms with van der Waals surface area (Å²) in [6, 6.07) is 29.5. The van der Waals surface area contributed by atoms with Crippen molar-refractivity contribution in [1.29, 1.82) is 0 Å². The van der Waals surface area contributed by atoms with E-state index in [9.17, 15) is 19.5 Å². The number of nitrogens with one attached hydrogen (secondary N) is 2. The number of nitrogens with zero attached hydrogens (tertiary/aromatic N) is 2. The molecule has 0 saturated carbocycles. The van der Waals surface area contributed by atoms with Crippen LogP contribution < -0.4 is 25.8 Å². The van der Waals surface area contributed by atoms with E-state index >= 15 is 0 Å². The fourth-order valence-corrected chi connectivity index (χ4v) is 6.31. The summed E-state index contributed by atoms with van der Waals surface area (Å²) in [5, 5.41) is 15.9. The third kappa shape index (κ3) is 11.1. The summed E-state index contributed by atoms with van der Waals surface area (Å²) in [6.45, 7) is 5.29. The number of hydrogen-bond acceptors (Lipinski definition) is 8. The van der Waals surface area contributed by atoms with E-state index in [-0.39, 0.29) is 42.8 Å². The molecule has 3 atom stereocenters. The Balaban J connectivity index is 1.21. The molecule has 53 heavy (non-hydrogen) atoms. The van der Waals surface area contributed by atoms with E-state index in [4.69, 9.17) is 15.2 Å². The molecule has 0 bridgehead atoms. The van der Waals surface area contributed by atoms with Crippen LogP contribution in [0.1, 0.15) is 61.9 Å². The molecule has 5 N–H and O–H groups in total. The predicted octanol–water partition coefficient (Wildman–Crippen LogP) is 6.94. The number of unbranched alkanes of at least 4 members (excludes halogenated alkanes) is 2. The Labute approximate surface area is 312 Å². The van der Waals surface area contributed by atoms with E-state index in [1.54, 1.807) is 35.2 Å². The van der Waals surface area contributed by atoms with E-state index in [1.807, 2.05) is 87.6 Å². The Bertz CT molecular complexity index is 1820. The van der Waals surface area contributed by atoms with Gasteiger partial charge in [-0.2, -0.15) is 0 Å². The minimum atomic E-state index is -0.406. The van der Waals surface area contributed by atoms with Gasteiger partial charge >= 0.3 is 0 Å². The maximum atomic E-state index is 13.9. The van der Waals surface area contributed by atoms with Crippen molar-refractivity contribution < 1.29 is 29.0 Å². The van der Waals surface area contributed by atoms with Crippen LogP contribution in [0.5, 0.6) is 17.2 Å². The van der Waals surface area contributed by atoms with Crippen LogP contribution in [-0.2, 0) is 16.1 Å². The molecule has 1 aliphatic heterocycles. The number of rotatable bonds is 16. The number of likely N-dealkylation sites (N-methyl/N-ethyl adjacent to an activating group) is 1. The lowest BCUT2D eigenvalue weighted by Crippen LogP contribution is -2.49. The van der Waals surface area contributed by atoms with Gasteiger partial charge in [-0.1, -0.05) is 61.9 Å². The molecule has 0 spiro atoms. The van der Waals surface area contributed by atoms with Crippen LogP contribution >= 0.6 is 0 Å². The van der Waals surface area contributed by atoms with Crippen molar-refractivity contribution in [3.63, 3.8) is 0 Å². The third-order valence-electron chi connectivity index (χ3n) is 9.35. The second kappa shape index (κ2) is 18.9. The number of amides is 3. The molecule has 4 aromatic rings. The average molecular weight is 722 g/mol. The largest absolute Gasteiger partial charge is 0.486 e. The van der Waals surface area contributed by atoms with Crippen LogP contribution in [0, 0.1) is 5.92 Å². The molecule has 0 saturated heterocycles. The molecule has 0 fully saturated rings. The molecule has 0 unspecified atom stereocenters. The van der Waals surface area contributed by atoms with E-state index in [2.05, 4.69) is 15.5 Å². The van der Waals surface area contributed by atoms with Crippen molar-refractivity contribution >= 4 is 34.8 Å². The first-order valence-corrected chi connectivity index (χ1v) is 18.3. The van der Waals surface area contributed by atoms with Crippen LogP contribution in [-0.4, -0.2) is 71.5 Å². The van der Waals surface area contributed by atoms with Gasteiger partial charge in [0.15, 0.2) is 5.75 Å². The second-order valence-corrected chi connectivity index (χ2v) is 13.8. The Morgan fingerprint density at radius 2 is 1.51 bits per heavy atom. The molecule has 4 aromatic carbocycles. The van der Waals surface area contributed by atoms with Gasteiger partial charge in [0.1, 0.15) is 17.6 Å². The van der Waals surface area contributed by atoms with Crippen LogP contribution in [0.25, 0.3) is 0 Å². The normalized spacial score (nSPS) is 16.2. The fraction of sp³-hybridized carbons (Fsp3) is 0.357. The van der Waals surface area contributed by atoms with Crippen LogP contribution in [0.3, 0.4) is 0 Å². The molecule has 280 valence electrons. The monoisotopic (exact) mass is 721 g/mol. The molecule has 0 radical (unpaired) electrons. The van der Waals surface area contributed by atoms with Gasteiger partial charge < -0.3 is 35.8 Å². The number of carbonyl (C=O) groups excluding carboxylic acids is 3. The Hall–Kier alpha value is -5.39. The van der Waals surface area contributed by atoms with E-state index in [0.29, 0.717) is 73.7 Å². The first-order valence-electron chi connectivity index (χ1n) is 18.3. The molecule has 11 heteroatoms. The van der Waals surface area contributed by atoms with Crippen molar-refractivity contribution in [2.75, 3.05) is 43.1 Å². The zero-order valence-electron chi connectivity index (χ0n) is 30.8. The zero-order chi connectivity index (χ0) is 37.7. The lowest BCUT2D eigenvalue weighted by Gasteiger charge is -2.38. The minimum absolute atomic E-state index is 0.0931. The first kappa shape index (κ1) is 38.8. The number of nitrogen functional groups attached to an aromatic ring is 1. The number of anilines is 3. The molecule has 1 aliphatic rings. The molecule has 0 aliphatic carbocycles. The minimum Gasteiger partial charge on any atom is -0.486 e. The van der Waals surface area contributed by atoms with Gasteiger partial charge in [-0.25, -0.2) is 0 Å². The smallest absolute Gasteiger partial charge is 0.258 e. The van der Waals surface area contributed by atoms with Gasteiger partial charge in [-0.3, -0.25) is 19.3 Å². The number of aliphatic hydroxyl groups is 1. The molecule has 1 heterocycles. The lowest BCUT2D eigenvalue weighted by molar-refractivity contribution is -0.116. The van der Waals surface area contributed by atoms with Crippen molar-refractivity contribution in [3.8, 4) is 17.2 Å². The highest BCUT2D eigenvalue weighted by atomic mass is 16.5. The topological polar surface area (TPSA) is 146 Å². The van der Waals surface area contributed by atoms with Crippen LogP contribution in [0.15, 0.2) is 97.1 Å². The number of carbonyl (C=O) groups is 3. The fourth-order valence-electron chi connectivity index (χ4n) is 6.31. The summed E-state index contributed by atoms with van der Waals surface area (Å²) < 4.78 is 12.6. The number of ether oxygens (including phenoxy) is 2. The highest BCUT2D eigenvalue weighted by molar-refractivity contribution is 6.01. The predicted molar refractivity (Wildman–Crippen MR) is 208 cm³/mol. The highest BCUT2D eigenvalue weighted by Crippen LogP contribution is 2.35. The molecule has 3 amide bonds. The zero-order valence-corrected chi connectivity index (χ0v) is 30.8. The summed E-state index contributed by atoms with van der Waals surface area (Å²) in [5.41, 5.74) is 8.88. The van der Waals surface area contributed by atoms with Gasteiger partial charge in [0.25, 0.3) is 5.91 Å². The summed E-state index contributed by atoms with van der Waals surface area (Å²) in [6.07, 6.45) is 2.14. The number of aliphatic hydroxyl groups excluding tert-OH is 1. The second-order valence-electron chi connectivity index (χ2n) is 13.8. The van der Waals surface area contributed by atoms with Crippen molar-refractivity contribution in [1.82, 2.24) is 9.80 Å². The quantitative estimate of drug-likeness (QED) is 0.0719. The maximum absolute atomic E-state index is 13.9. The van der Waals surface area contributed by atoms with Crippen LogP contribution in [0.2, 0.25) is 0 Å². The van der Waals surface area contributed by atoms with Gasteiger partial charge in [0.2, 0.25) is 11.8 Å². The molecular weight excluding hydrogens is 670 g/mol. The highest BCUT2D eigenvalue weighted by Gasteiger charge is 2.34. The Morgan fingerprint density at radius 3 is 2.19 bits per heavy atom. The molecular formula is C42H51N5O6. The standard InChI is InChI=1S/C42H51N5O6/c1-29-25-47(30(2)28-48)42(51)34-15-12-18-37(45-40(50)20-9-5-8-19-39(49)44-36-17-11-10-16-35(36)43)41(34)53-38(29)27-46(3)26-31-21-23-33(24-22-31)52-32-13-6-4-7-14-32/h4,6-7,10-18,21-24,29-30,38,48H,5,8-9,19-20,25-28,43H2,1-3H3,(H,44,49)(H,45,50)/t29-,30+,38-/m1/s1. The summed E-state index contributed by atoms with van der Waals surface area (Å²) in [5.74, 6) is 1.17. The number of para-hydroxylation sites is 4. The van der Waals surface area contributed by atoms with Gasteiger partial charge in [-0.15, -0.1) is 0 Å². The van der Waals surface area contributed by atoms with Gasteiger partial charge in [0.05, 0.1) is 35.3 Å². The lowest BCUT2D eigenvalue weighted by atomic mass is 9.98. The van der Waals surface area contributed by atoms with Crippen molar-refractivity contribution in [2.24, 2.45) is 5.92 Å². The number of fused-ring (bicyclic) bond motifs is 1. The third-order valence-corrected chi connectivity index (χ3v) is 9.35. The number of benzene rings is 4. The first-order chi connectivity index (χ1) is 25.6. The Morgan fingerprint density at radius 1 is 0.887 bits per heavy atom. The number of nitrogens with two attached hydrogens (primary N) is 1. The van der Waals surface area contributed by atoms with Gasteiger partial charge in [-0.05, 0) is 80.9 Å². The number of hydrogen-bond donors (Lipinski definition) is 4. The summed E-state index contributed by atoms with van der Waals surface area (Å²) in [4.78, 5) is 43.3. The SMILES string of the molecule is C[C@@H]1CN([C@@H](C)CO)C(=O)c2cccc(NC(=O)CCCCCC(=O)Nc3ccccc3N)c2O[C@@H]1CN(C)Cc1ccc(Oc2ccccc2)cc1. The van der Waals surface area contributed by atoms with Crippen molar-refractivity contribution in [2.45, 2.75) is 64.6 Å². The summed E-state index contributed by atoms with van der Waals surface area (Å²) in [7, 11) is 2.03.